The van der Waals surface area contributed by atoms with Gasteiger partial charge in [0.05, 0.1) is 9.35 Å². The lowest BCUT2D eigenvalue weighted by molar-refractivity contribution is 0.0994. The van der Waals surface area contributed by atoms with Crippen molar-refractivity contribution in [3.05, 3.63) is 55.7 Å². The zero-order valence-corrected chi connectivity index (χ0v) is 11.9. The molecule has 0 aliphatic heterocycles. The second-order valence-electron chi connectivity index (χ2n) is 3.83. The Morgan fingerprint density at radius 3 is 2.61 bits per heavy atom. The minimum atomic E-state index is -0.711. The van der Waals surface area contributed by atoms with Crippen LogP contribution in [-0.4, -0.2) is 5.78 Å². The zero-order valence-electron chi connectivity index (χ0n) is 9.47. The van der Waals surface area contributed by atoms with Gasteiger partial charge in [-0.15, -0.1) is 11.3 Å². The predicted octanol–water partition coefficient (Wildman–Crippen LogP) is 4.52. The monoisotopic (exact) mass is 330 g/mol. The molecular formula is C13H9BrF2OS. The average Bonchev–Trinajstić information content (AvgIpc) is 2.76. The van der Waals surface area contributed by atoms with Crippen molar-refractivity contribution < 1.29 is 13.6 Å². The number of carbonyl (C=O) groups is 1. The zero-order chi connectivity index (χ0) is 13.3. The molecule has 0 N–H and O–H groups in total. The van der Waals surface area contributed by atoms with Crippen molar-refractivity contribution >= 4 is 33.0 Å². The molecule has 0 bridgehead atoms. The van der Waals surface area contributed by atoms with E-state index in [2.05, 4.69) is 15.9 Å². The molecule has 0 spiro atoms. The molecule has 0 unspecified atom stereocenters. The van der Waals surface area contributed by atoms with Gasteiger partial charge in [-0.25, -0.2) is 8.78 Å². The minimum absolute atomic E-state index is 0.161. The molecule has 94 valence electrons. The van der Waals surface area contributed by atoms with E-state index in [1.54, 1.807) is 6.07 Å². The van der Waals surface area contributed by atoms with E-state index in [1.165, 1.54) is 17.4 Å². The predicted molar refractivity (Wildman–Crippen MR) is 71.1 cm³/mol. The Labute approximate surface area is 116 Å². The molecule has 0 fully saturated rings. The Kier molecular flexibility index (Phi) is 3.92. The van der Waals surface area contributed by atoms with Crippen LogP contribution in [0.3, 0.4) is 0 Å². The van der Waals surface area contributed by atoms with Crippen molar-refractivity contribution in [2.45, 2.75) is 13.3 Å². The van der Waals surface area contributed by atoms with Crippen LogP contribution in [0.15, 0.2) is 28.7 Å². The number of carbonyl (C=O) groups excluding carboxylic acids is 1. The second kappa shape index (κ2) is 5.28. The van der Waals surface area contributed by atoms with E-state index in [4.69, 9.17) is 0 Å². The molecule has 18 heavy (non-hydrogen) atoms. The molecule has 2 aromatic rings. The fraction of sp³-hybridized carbons (Fsp3) is 0.154. The van der Waals surface area contributed by atoms with Crippen LogP contribution in [0.2, 0.25) is 0 Å². The highest BCUT2D eigenvalue weighted by molar-refractivity contribution is 9.10. The van der Waals surface area contributed by atoms with Crippen molar-refractivity contribution in [3.63, 3.8) is 0 Å². The fourth-order valence-electron chi connectivity index (χ4n) is 1.56. The van der Waals surface area contributed by atoms with E-state index in [0.717, 1.165) is 10.9 Å². The molecule has 0 aliphatic rings. The maximum atomic E-state index is 13.7. The van der Waals surface area contributed by atoms with Crippen LogP contribution in [0.1, 0.15) is 20.1 Å². The molecule has 5 heteroatoms. The van der Waals surface area contributed by atoms with Crippen molar-refractivity contribution in [1.29, 1.82) is 0 Å². The normalized spacial score (nSPS) is 10.7. The molecule has 1 nitrogen and oxygen atoms in total. The van der Waals surface area contributed by atoms with Crippen LogP contribution in [0, 0.1) is 18.6 Å². The second-order valence-corrected chi connectivity index (χ2v) is 5.97. The Bertz CT molecular complexity index is 607. The van der Waals surface area contributed by atoms with E-state index >= 15 is 0 Å². The van der Waals surface area contributed by atoms with Gasteiger partial charge in [-0.3, -0.25) is 4.79 Å². The first-order chi connectivity index (χ1) is 8.49. The first kappa shape index (κ1) is 13.4. The maximum Gasteiger partial charge on any atom is 0.177 e. The van der Waals surface area contributed by atoms with Crippen LogP contribution in [-0.2, 0) is 6.42 Å². The van der Waals surface area contributed by atoms with E-state index in [-0.39, 0.29) is 22.2 Å². The molecule has 1 heterocycles. The van der Waals surface area contributed by atoms with Gasteiger partial charge >= 0.3 is 0 Å². The number of ketones is 1. The summed E-state index contributed by atoms with van der Waals surface area (Å²) in [5.74, 6) is -1.68. The molecule has 0 saturated carbocycles. The summed E-state index contributed by atoms with van der Waals surface area (Å²) in [7, 11) is 0. The molecule has 0 atom stereocenters. The van der Waals surface area contributed by atoms with Gasteiger partial charge in [0.2, 0.25) is 0 Å². The Hall–Kier alpha value is -1.07. The van der Waals surface area contributed by atoms with Crippen molar-refractivity contribution in [2.24, 2.45) is 0 Å². The summed E-state index contributed by atoms with van der Waals surface area (Å²) < 4.78 is 27.4. The van der Waals surface area contributed by atoms with Crippen molar-refractivity contribution in [2.75, 3.05) is 0 Å². The van der Waals surface area contributed by atoms with E-state index in [9.17, 15) is 13.6 Å². The number of benzene rings is 1. The highest BCUT2D eigenvalue weighted by atomic mass is 79.9. The molecule has 1 aromatic heterocycles. The summed E-state index contributed by atoms with van der Waals surface area (Å²) in [6.07, 6.45) is -0.267. The van der Waals surface area contributed by atoms with Gasteiger partial charge in [0, 0.05) is 16.9 Å². The van der Waals surface area contributed by atoms with Crippen LogP contribution in [0.4, 0.5) is 8.78 Å². The molecule has 0 radical (unpaired) electrons. The summed E-state index contributed by atoms with van der Waals surface area (Å²) in [5.41, 5.74) is -0.194. The quantitative estimate of drug-likeness (QED) is 0.597. The number of hydrogen-bond donors (Lipinski definition) is 0. The van der Waals surface area contributed by atoms with Gasteiger partial charge in [0.15, 0.2) is 5.78 Å². The summed E-state index contributed by atoms with van der Waals surface area (Å²) in [6, 6.07) is 5.92. The van der Waals surface area contributed by atoms with Crippen molar-refractivity contribution in [3.8, 4) is 0 Å². The third kappa shape index (κ3) is 2.67. The fourth-order valence-corrected chi connectivity index (χ4v) is 2.74. The Morgan fingerprint density at radius 2 is 2.00 bits per heavy atom. The van der Waals surface area contributed by atoms with Gasteiger partial charge in [-0.1, -0.05) is 0 Å². The highest BCUT2D eigenvalue weighted by Crippen LogP contribution is 2.24. The Morgan fingerprint density at radius 1 is 1.28 bits per heavy atom. The average molecular weight is 331 g/mol. The van der Waals surface area contributed by atoms with E-state index < -0.39 is 11.6 Å². The lowest BCUT2D eigenvalue weighted by Crippen LogP contribution is -2.06. The highest BCUT2D eigenvalue weighted by Gasteiger charge is 2.17. The van der Waals surface area contributed by atoms with E-state index in [0.29, 0.717) is 4.88 Å². The molecule has 2 rings (SSSR count). The first-order valence-electron chi connectivity index (χ1n) is 5.21. The molecule has 1 aromatic carbocycles. The smallest absolute Gasteiger partial charge is 0.177 e. The number of rotatable bonds is 3. The third-order valence-corrected chi connectivity index (χ3v) is 4.15. The lowest BCUT2D eigenvalue weighted by atomic mass is 10.1. The van der Waals surface area contributed by atoms with Crippen LogP contribution >= 0.6 is 27.3 Å². The molecule has 0 saturated heterocycles. The topological polar surface area (TPSA) is 17.1 Å². The number of Topliss-reactive ketones (excluding diaryl/α,β-unsaturated/α-hetero) is 1. The SMILES string of the molecule is Cc1ccc(C(=O)Cc2c(F)ccc(Br)c2F)s1. The maximum absolute atomic E-state index is 13.7. The molecule has 0 amide bonds. The summed E-state index contributed by atoms with van der Waals surface area (Å²) >= 11 is 4.30. The van der Waals surface area contributed by atoms with Gasteiger partial charge < -0.3 is 0 Å². The largest absolute Gasteiger partial charge is 0.293 e. The first-order valence-corrected chi connectivity index (χ1v) is 6.82. The van der Waals surface area contributed by atoms with Crippen molar-refractivity contribution in [1.82, 2.24) is 0 Å². The van der Waals surface area contributed by atoms with Crippen LogP contribution in [0.25, 0.3) is 0 Å². The molecular weight excluding hydrogens is 322 g/mol. The Balaban J connectivity index is 2.30. The van der Waals surface area contributed by atoms with E-state index in [1.807, 2.05) is 13.0 Å². The van der Waals surface area contributed by atoms with Gasteiger partial charge in [-0.2, -0.15) is 0 Å². The number of halogens is 3. The number of aryl methyl sites for hydroxylation is 1. The van der Waals surface area contributed by atoms with Gasteiger partial charge in [0.25, 0.3) is 0 Å². The summed E-state index contributed by atoms with van der Waals surface area (Å²) in [5, 5.41) is 0. The van der Waals surface area contributed by atoms with Crippen LogP contribution in [0.5, 0.6) is 0 Å². The van der Waals surface area contributed by atoms with Crippen LogP contribution < -0.4 is 0 Å². The molecule has 0 aliphatic carbocycles. The summed E-state index contributed by atoms with van der Waals surface area (Å²) in [4.78, 5) is 13.4. The number of hydrogen-bond acceptors (Lipinski definition) is 2. The lowest BCUT2D eigenvalue weighted by Gasteiger charge is -2.05. The minimum Gasteiger partial charge on any atom is -0.293 e. The number of thiophene rings is 1. The standard InChI is InChI=1S/C13H9BrF2OS/c1-7-2-5-12(18-7)11(17)6-8-10(15)4-3-9(14)13(8)16/h2-5H,6H2,1H3. The summed E-state index contributed by atoms with van der Waals surface area (Å²) in [6.45, 7) is 1.88. The van der Waals surface area contributed by atoms with Gasteiger partial charge in [0.1, 0.15) is 11.6 Å². The third-order valence-electron chi connectivity index (χ3n) is 2.49. The van der Waals surface area contributed by atoms with Gasteiger partial charge in [-0.05, 0) is 47.1 Å².